The molecule has 0 radical (unpaired) electrons. The molecule has 120 valence electrons. The quantitative estimate of drug-likeness (QED) is 0.769. The van der Waals surface area contributed by atoms with Crippen molar-refractivity contribution in [1.29, 1.82) is 0 Å². The van der Waals surface area contributed by atoms with E-state index in [0.717, 1.165) is 17.8 Å². The fourth-order valence-electron chi connectivity index (χ4n) is 2.37. The van der Waals surface area contributed by atoms with E-state index in [2.05, 4.69) is 10.4 Å². The van der Waals surface area contributed by atoms with Gasteiger partial charge in [-0.05, 0) is 36.9 Å². The molecule has 5 nitrogen and oxygen atoms in total. The van der Waals surface area contributed by atoms with E-state index >= 15 is 0 Å². The number of benzene rings is 2. The van der Waals surface area contributed by atoms with Gasteiger partial charge in [0.15, 0.2) is 0 Å². The lowest BCUT2D eigenvalue weighted by molar-refractivity contribution is 0.100. The Morgan fingerprint density at radius 2 is 1.96 bits per heavy atom. The maximum atomic E-state index is 13.9. The minimum absolute atomic E-state index is 0. The third-order valence-electron chi connectivity index (χ3n) is 3.47. The summed E-state index contributed by atoms with van der Waals surface area (Å²) in [4.78, 5) is 11.4. The van der Waals surface area contributed by atoms with E-state index in [-0.39, 0.29) is 28.9 Å². The van der Waals surface area contributed by atoms with Crippen LogP contribution in [0.15, 0.2) is 42.6 Å². The van der Waals surface area contributed by atoms with Gasteiger partial charge < -0.3 is 11.1 Å². The Labute approximate surface area is 138 Å². The van der Waals surface area contributed by atoms with Crippen molar-refractivity contribution in [3.05, 3.63) is 59.5 Å². The lowest BCUT2D eigenvalue weighted by Gasteiger charge is -2.03. The van der Waals surface area contributed by atoms with E-state index in [1.54, 1.807) is 10.9 Å². The van der Waals surface area contributed by atoms with Gasteiger partial charge in [0.2, 0.25) is 0 Å². The van der Waals surface area contributed by atoms with Gasteiger partial charge >= 0.3 is 0 Å². The number of amides is 1. The fraction of sp³-hybridized carbons (Fsp3) is 0.125. The summed E-state index contributed by atoms with van der Waals surface area (Å²) < 4.78 is 15.5. The predicted octanol–water partition coefficient (Wildman–Crippen LogP) is 2.40. The van der Waals surface area contributed by atoms with Gasteiger partial charge in [0, 0.05) is 12.7 Å². The normalized spacial score (nSPS) is 10.5. The van der Waals surface area contributed by atoms with Gasteiger partial charge in [-0.3, -0.25) is 4.79 Å². The minimum Gasteiger partial charge on any atom is -0.366 e. The second kappa shape index (κ2) is 6.76. The summed E-state index contributed by atoms with van der Waals surface area (Å²) in [6, 6.07) is 10.3. The number of nitrogens with zero attached hydrogens (tertiary/aromatic N) is 2. The maximum absolute atomic E-state index is 13.9. The third-order valence-corrected chi connectivity index (χ3v) is 3.47. The highest BCUT2D eigenvalue weighted by Crippen LogP contribution is 2.22. The van der Waals surface area contributed by atoms with E-state index in [0.29, 0.717) is 0 Å². The lowest BCUT2D eigenvalue weighted by atomic mass is 10.1. The van der Waals surface area contributed by atoms with E-state index in [9.17, 15) is 9.18 Å². The largest absolute Gasteiger partial charge is 0.366 e. The molecule has 2 aromatic carbocycles. The van der Waals surface area contributed by atoms with Gasteiger partial charge in [0.1, 0.15) is 11.3 Å². The van der Waals surface area contributed by atoms with Gasteiger partial charge in [0.25, 0.3) is 5.91 Å². The molecule has 0 bridgehead atoms. The molecule has 0 unspecified atom stereocenters. The number of primary amides is 1. The van der Waals surface area contributed by atoms with Crippen LogP contribution in [0.1, 0.15) is 15.9 Å². The van der Waals surface area contributed by atoms with Gasteiger partial charge in [-0.1, -0.05) is 12.1 Å². The Morgan fingerprint density at radius 1 is 1.26 bits per heavy atom. The zero-order valence-corrected chi connectivity index (χ0v) is 13.2. The summed E-state index contributed by atoms with van der Waals surface area (Å²) in [7, 11) is 1.88. The SMILES string of the molecule is CNCc1ccc(-n2cc3c(F)ccc(C(N)=O)c3n2)cc1.Cl. The molecule has 0 atom stereocenters. The monoisotopic (exact) mass is 334 g/mol. The first-order valence-corrected chi connectivity index (χ1v) is 6.82. The van der Waals surface area contributed by atoms with E-state index in [1.165, 1.54) is 12.1 Å². The van der Waals surface area contributed by atoms with Crippen LogP contribution < -0.4 is 11.1 Å². The number of aromatic nitrogens is 2. The number of carbonyl (C=O) groups is 1. The summed E-state index contributed by atoms with van der Waals surface area (Å²) >= 11 is 0. The molecular formula is C16H16ClFN4O. The van der Waals surface area contributed by atoms with Gasteiger partial charge in [0.05, 0.1) is 16.6 Å². The molecular weight excluding hydrogens is 319 g/mol. The van der Waals surface area contributed by atoms with E-state index in [4.69, 9.17) is 5.73 Å². The van der Waals surface area contributed by atoms with Crippen LogP contribution in [0.3, 0.4) is 0 Å². The molecule has 0 spiro atoms. The number of carbonyl (C=O) groups excluding carboxylic acids is 1. The summed E-state index contributed by atoms with van der Waals surface area (Å²) in [6.07, 6.45) is 1.56. The van der Waals surface area contributed by atoms with Crippen LogP contribution in [-0.2, 0) is 6.54 Å². The van der Waals surface area contributed by atoms with Crippen LogP contribution in [0.5, 0.6) is 0 Å². The van der Waals surface area contributed by atoms with Crippen LogP contribution in [0.2, 0.25) is 0 Å². The van der Waals surface area contributed by atoms with E-state index < -0.39 is 11.7 Å². The summed E-state index contributed by atoms with van der Waals surface area (Å²) in [5.74, 6) is -1.06. The molecule has 7 heteroatoms. The minimum atomic E-state index is -0.625. The summed E-state index contributed by atoms with van der Waals surface area (Å²) in [5, 5.41) is 7.64. The number of halogens is 2. The molecule has 3 aromatic rings. The lowest BCUT2D eigenvalue weighted by Crippen LogP contribution is -2.11. The van der Waals surface area contributed by atoms with Crippen molar-refractivity contribution in [3.63, 3.8) is 0 Å². The van der Waals surface area contributed by atoms with Crippen LogP contribution >= 0.6 is 12.4 Å². The topological polar surface area (TPSA) is 72.9 Å². The molecule has 1 aromatic heterocycles. The highest BCUT2D eigenvalue weighted by atomic mass is 35.5. The van der Waals surface area contributed by atoms with Crippen LogP contribution in [0, 0.1) is 5.82 Å². The molecule has 23 heavy (non-hydrogen) atoms. The highest BCUT2D eigenvalue weighted by Gasteiger charge is 2.14. The van der Waals surface area contributed by atoms with Crippen molar-refractivity contribution in [2.45, 2.75) is 6.54 Å². The Morgan fingerprint density at radius 3 is 2.57 bits per heavy atom. The highest BCUT2D eigenvalue weighted by molar-refractivity contribution is 6.04. The van der Waals surface area contributed by atoms with Crippen molar-refractivity contribution in [2.24, 2.45) is 5.73 Å². The molecule has 3 N–H and O–H groups in total. The molecule has 0 aliphatic carbocycles. The summed E-state index contributed by atoms with van der Waals surface area (Å²) in [6.45, 7) is 0.766. The average molecular weight is 335 g/mol. The Balaban J connectivity index is 0.00000192. The molecule has 0 aliphatic rings. The molecule has 0 aliphatic heterocycles. The number of fused-ring (bicyclic) bond motifs is 1. The molecule has 3 rings (SSSR count). The Kier molecular flexibility index (Phi) is 4.98. The Hall–Kier alpha value is -2.44. The molecule has 0 saturated carbocycles. The first-order valence-electron chi connectivity index (χ1n) is 6.82. The predicted molar refractivity (Wildman–Crippen MR) is 89.6 cm³/mol. The van der Waals surface area contributed by atoms with Crippen LogP contribution in [0.25, 0.3) is 16.6 Å². The van der Waals surface area contributed by atoms with Crippen molar-refractivity contribution in [1.82, 2.24) is 15.1 Å². The molecule has 0 saturated heterocycles. The zero-order valence-electron chi connectivity index (χ0n) is 12.4. The smallest absolute Gasteiger partial charge is 0.250 e. The second-order valence-corrected chi connectivity index (χ2v) is 4.99. The van der Waals surface area contributed by atoms with Gasteiger partial charge in [-0.25, -0.2) is 9.07 Å². The van der Waals surface area contributed by atoms with Gasteiger partial charge in [-0.15, -0.1) is 12.4 Å². The standard InChI is InChI=1S/C16H15FN4O.ClH/c1-19-8-10-2-4-11(5-3-10)21-9-13-14(17)7-6-12(16(18)22)15(13)20-21;/h2-7,9,19H,8H2,1H3,(H2,18,22);1H. The van der Waals surface area contributed by atoms with Crippen molar-refractivity contribution >= 4 is 29.2 Å². The van der Waals surface area contributed by atoms with Crippen LogP contribution in [0.4, 0.5) is 4.39 Å². The number of hydrogen-bond donors (Lipinski definition) is 2. The first-order chi connectivity index (χ1) is 10.6. The number of nitrogens with one attached hydrogen (secondary N) is 1. The summed E-state index contributed by atoms with van der Waals surface area (Å²) in [5.41, 5.74) is 7.71. The fourth-order valence-corrected chi connectivity index (χ4v) is 2.37. The van der Waals surface area contributed by atoms with Gasteiger partial charge in [-0.2, -0.15) is 5.10 Å². The number of nitrogens with two attached hydrogens (primary N) is 1. The van der Waals surface area contributed by atoms with Crippen molar-refractivity contribution in [2.75, 3.05) is 7.05 Å². The van der Waals surface area contributed by atoms with Crippen LogP contribution in [-0.4, -0.2) is 22.7 Å². The maximum Gasteiger partial charge on any atom is 0.250 e. The molecule has 0 fully saturated rings. The van der Waals surface area contributed by atoms with Crippen molar-refractivity contribution in [3.8, 4) is 5.69 Å². The number of hydrogen-bond acceptors (Lipinski definition) is 3. The second-order valence-electron chi connectivity index (χ2n) is 4.99. The van der Waals surface area contributed by atoms with E-state index in [1.807, 2.05) is 31.3 Å². The molecule has 1 amide bonds. The molecule has 1 heterocycles. The van der Waals surface area contributed by atoms with Crippen molar-refractivity contribution < 1.29 is 9.18 Å². The first kappa shape index (κ1) is 16.9. The average Bonchev–Trinajstić information content (AvgIpc) is 2.94. The number of rotatable bonds is 4. The Bertz CT molecular complexity index is 845. The third kappa shape index (κ3) is 3.18. The zero-order chi connectivity index (χ0) is 15.7.